The van der Waals surface area contributed by atoms with Crippen molar-refractivity contribution in [1.82, 2.24) is 0 Å². The molecule has 0 aromatic rings. The molecule has 3 heteroatoms. The summed E-state index contributed by atoms with van der Waals surface area (Å²) >= 11 is 0. The molecule has 3 fully saturated rings. The molecule has 0 atom stereocenters. The molecule has 0 radical (unpaired) electrons. The van der Waals surface area contributed by atoms with Gasteiger partial charge in [0.05, 0.1) is 0 Å². The van der Waals surface area contributed by atoms with Gasteiger partial charge in [-0.1, -0.05) is 81.9 Å². The zero-order chi connectivity index (χ0) is 20.4. The molecule has 0 aromatic heterocycles. The summed E-state index contributed by atoms with van der Waals surface area (Å²) in [5, 5.41) is 0. The number of rotatable bonds is 6. The molecular formula is C27H44NPTi. The fourth-order valence-corrected chi connectivity index (χ4v) is 12.6. The third-order valence-electron chi connectivity index (χ3n) is 7.46. The van der Waals surface area contributed by atoms with Crippen LogP contribution in [0.25, 0.3) is 0 Å². The molecule has 0 aliphatic heterocycles. The Balaban J connectivity index is 0.000000350. The monoisotopic (exact) mass is 461 g/mol. The minimum Gasteiger partial charge on any atom is -0.271 e. The summed E-state index contributed by atoms with van der Waals surface area (Å²) in [7, 11) is -1.17. The summed E-state index contributed by atoms with van der Waals surface area (Å²) in [5.41, 5.74) is 4.44. The van der Waals surface area contributed by atoms with E-state index in [-0.39, 0.29) is 21.7 Å². The van der Waals surface area contributed by atoms with Crippen molar-refractivity contribution in [2.45, 2.75) is 121 Å². The Morgan fingerprint density at radius 1 is 0.867 bits per heavy atom. The van der Waals surface area contributed by atoms with E-state index in [0.717, 1.165) is 29.8 Å². The Labute approximate surface area is 201 Å². The molecule has 3 saturated carbocycles. The van der Waals surface area contributed by atoms with Crippen molar-refractivity contribution >= 4 is 7.05 Å². The Kier molecular flexibility index (Phi) is 12.3. The Morgan fingerprint density at radius 2 is 1.37 bits per heavy atom. The average molecular weight is 461 g/mol. The van der Waals surface area contributed by atoms with E-state index < -0.39 is 7.05 Å². The van der Waals surface area contributed by atoms with E-state index in [1.54, 1.807) is 0 Å². The van der Waals surface area contributed by atoms with E-state index in [2.05, 4.69) is 37.3 Å². The fraction of sp³-hybridized carbons (Fsp3) is 0.704. The van der Waals surface area contributed by atoms with Gasteiger partial charge in [0.15, 0.2) is 0 Å². The second-order valence-corrected chi connectivity index (χ2v) is 13.3. The summed E-state index contributed by atoms with van der Waals surface area (Å²) in [6.45, 7) is 4.14. The van der Waals surface area contributed by atoms with Crippen LogP contribution in [-0.4, -0.2) is 17.0 Å². The molecule has 0 spiro atoms. The van der Waals surface area contributed by atoms with Gasteiger partial charge in [-0.15, -0.1) is 0 Å². The smallest absolute Gasteiger partial charge is 0.0425 e. The molecule has 0 aromatic carbocycles. The Bertz CT molecular complexity index is 607. The summed E-state index contributed by atoms with van der Waals surface area (Å²) in [5.74, 6) is 0. The van der Waals surface area contributed by atoms with Crippen molar-refractivity contribution in [3.8, 4) is 0 Å². The second kappa shape index (κ2) is 14.1. The number of hydrogen-bond acceptors (Lipinski definition) is 1. The normalized spacial score (nSPS) is 23.2. The Morgan fingerprint density at radius 3 is 1.73 bits per heavy atom. The molecule has 166 valence electrons. The molecule has 0 amide bonds. The van der Waals surface area contributed by atoms with Gasteiger partial charge in [-0.05, 0) is 82.0 Å². The van der Waals surface area contributed by atoms with Crippen molar-refractivity contribution in [3.05, 3.63) is 48.2 Å². The molecule has 0 N–H and O–H groups in total. The maximum atomic E-state index is 5.76. The molecule has 30 heavy (non-hydrogen) atoms. The molecule has 4 aliphatic rings. The van der Waals surface area contributed by atoms with Gasteiger partial charge in [-0.3, -0.25) is 4.74 Å². The first-order chi connectivity index (χ1) is 14.3. The van der Waals surface area contributed by atoms with Crippen LogP contribution in [-0.2, 0) is 21.7 Å². The molecule has 4 rings (SSSR count). The van der Waals surface area contributed by atoms with E-state index in [4.69, 9.17) is 4.74 Å². The first kappa shape index (κ1) is 26.2. The summed E-state index contributed by atoms with van der Waals surface area (Å²) in [6, 6.07) is 0. The van der Waals surface area contributed by atoms with E-state index >= 15 is 0 Å². The van der Waals surface area contributed by atoms with Gasteiger partial charge in [0.2, 0.25) is 0 Å². The summed E-state index contributed by atoms with van der Waals surface area (Å²) in [6.07, 6.45) is 35.3. The van der Waals surface area contributed by atoms with Crippen LogP contribution in [0.1, 0.15) is 104 Å². The molecule has 4 aliphatic carbocycles. The van der Waals surface area contributed by atoms with Crippen molar-refractivity contribution in [1.29, 1.82) is 0 Å². The van der Waals surface area contributed by atoms with Crippen LogP contribution < -0.4 is 0 Å². The second-order valence-electron chi connectivity index (χ2n) is 9.36. The predicted molar refractivity (Wildman–Crippen MR) is 132 cm³/mol. The van der Waals surface area contributed by atoms with Crippen LogP contribution in [0.5, 0.6) is 0 Å². The first-order valence-corrected chi connectivity index (χ1v) is 14.5. The number of allylic oxidation sites excluding steroid dienone is 7. The van der Waals surface area contributed by atoms with Crippen LogP contribution in [0.3, 0.4) is 0 Å². The van der Waals surface area contributed by atoms with E-state index in [0.29, 0.717) is 0 Å². The zero-order valence-corrected chi connectivity index (χ0v) is 22.0. The maximum Gasteiger partial charge on any atom is 0.0425 e. The van der Waals surface area contributed by atoms with E-state index in [1.807, 2.05) is 19.1 Å². The molecule has 0 bridgehead atoms. The largest absolute Gasteiger partial charge is 0.271 e. The quantitative estimate of drug-likeness (QED) is 0.212. The molecule has 0 heterocycles. The summed E-state index contributed by atoms with van der Waals surface area (Å²) in [4.78, 5) is 0. The minimum absolute atomic E-state index is 0. The fourth-order valence-electron chi connectivity index (χ4n) is 6.15. The van der Waals surface area contributed by atoms with E-state index in [9.17, 15) is 0 Å². The zero-order valence-electron chi connectivity index (χ0n) is 19.6. The van der Waals surface area contributed by atoms with E-state index in [1.165, 1.54) is 82.7 Å². The van der Waals surface area contributed by atoms with Crippen LogP contribution in [0, 0.1) is 0 Å². The maximum absolute atomic E-state index is 5.76. The van der Waals surface area contributed by atoms with Crippen LogP contribution >= 0.6 is 7.05 Å². The molecular weight excluding hydrogens is 417 g/mol. The van der Waals surface area contributed by atoms with Crippen LogP contribution in [0.2, 0.25) is 0 Å². The van der Waals surface area contributed by atoms with Crippen LogP contribution in [0.15, 0.2) is 53.0 Å². The van der Waals surface area contributed by atoms with Gasteiger partial charge in [-0.25, -0.2) is 0 Å². The van der Waals surface area contributed by atoms with Gasteiger partial charge in [0.25, 0.3) is 0 Å². The third kappa shape index (κ3) is 6.70. The van der Waals surface area contributed by atoms with Crippen LogP contribution in [0.4, 0.5) is 0 Å². The standard InChI is InChI=1S/C20H32NP.C7H12.Ti/c1-2-10-17(9-1)21-22(18-11-3-4-12-18,19-13-5-6-14-19)20-15-7-8-16-20;1-3-5-7-6-4-2;/h1-2,9,18-20H,3-8,10-16H2;3,5-7H,4H2,1-2H3;. The van der Waals surface area contributed by atoms with Crippen molar-refractivity contribution < 1.29 is 21.7 Å². The minimum atomic E-state index is -1.17. The van der Waals surface area contributed by atoms with Gasteiger partial charge in [-0.2, -0.15) is 0 Å². The number of nitrogens with zero attached hydrogens (tertiary/aromatic N) is 1. The molecule has 0 unspecified atom stereocenters. The topological polar surface area (TPSA) is 12.4 Å². The number of hydrogen-bond donors (Lipinski definition) is 0. The molecule has 1 nitrogen and oxygen atoms in total. The van der Waals surface area contributed by atoms with Crippen molar-refractivity contribution in [2.75, 3.05) is 0 Å². The first-order valence-electron chi connectivity index (χ1n) is 12.6. The third-order valence-corrected chi connectivity index (χ3v) is 13.1. The van der Waals surface area contributed by atoms with Gasteiger partial charge in [0, 0.05) is 33.8 Å². The van der Waals surface area contributed by atoms with Gasteiger partial charge < -0.3 is 0 Å². The Hall–Kier alpha value is -0.0957. The SMILES string of the molecule is C1=CCC(N=P(C2CCCC2)(C2CCCC2)C2CCCC2)=C1.CC=CC=CCC.[Ti]. The summed E-state index contributed by atoms with van der Waals surface area (Å²) < 4.78 is 5.76. The predicted octanol–water partition coefficient (Wildman–Crippen LogP) is 9.39. The van der Waals surface area contributed by atoms with Gasteiger partial charge >= 0.3 is 0 Å². The molecule has 0 saturated heterocycles. The van der Waals surface area contributed by atoms with Crippen molar-refractivity contribution in [2.24, 2.45) is 4.74 Å². The van der Waals surface area contributed by atoms with Gasteiger partial charge in [0.1, 0.15) is 0 Å². The van der Waals surface area contributed by atoms with Crippen molar-refractivity contribution in [3.63, 3.8) is 0 Å². The average Bonchev–Trinajstić information content (AvgIpc) is 3.54.